The van der Waals surface area contributed by atoms with Crippen LogP contribution in [0.5, 0.6) is 0 Å². The highest BCUT2D eigenvalue weighted by atomic mass is 16.5. The number of hydrogen-bond donors (Lipinski definition) is 0. The van der Waals surface area contributed by atoms with Crippen molar-refractivity contribution in [3.05, 3.63) is 35.9 Å². The highest BCUT2D eigenvalue weighted by Crippen LogP contribution is 1.92. The lowest BCUT2D eigenvalue weighted by Crippen LogP contribution is -2.02. The molecule has 0 N–H and O–H groups in total. The molecule has 0 radical (unpaired) electrons. The number of esters is 1. The molecule has 0 fully saturated rings. The van der Waals surface area contributed by atoms with Crippen molar-refractivity contribution >= 4 is 5.97 Å². The van der Waals surface area contributed by atoms with Crippen LogP contribution in [0.2, 0.25) is 0 Å². The number of rotatable bonds is 4. The fourth-order valence-electron chi connectivity index (χ4n) is 0.967. The third-order valence-electron chi connectivity index (χ3n) is 1.99. The van der Waals surface area contributed by atoms with E-state index in [2.05, 4.69) is 26.0 Å². The number of aryl methyl sites for hydroxylation is 1. The molecule has 0 aliphatic carbocycles. The van der Waals surface area contributed by atoms with Gasteiger partial charge in [0.15, 0.2) is 0 Å². The summed E-state index contributed by atoms with van der Waals surface area (Å²) in [5, 5.41) is 0. The largest absolute Gasteiger partial charge is 0.466 e. The summed E-state index contributed by atoms with van der Waals surface area (Å²) in [7, 11) is 0. The van der Waals surface area contributed by atoms with Gasteiger partial charge in [-0.25, -0.2) is 0 Å². The van der Waals surface area contributed by atoms with Crippen molar-refractivity contribution in [2.24, 2.45) is 0 Å². The first-order valence-corrected chi connectivity index (χ1v) is 5.88. The molecule has 0 unspecified atom stereocenters. The van der Waals surface area contributed by atoms with E-state index in [9.17, 15) is 4.79 Å². The first kappa shape index (κ1) is 14.7. The zero-order valence-corrected chi connectivity index (χ0v) is 10.5. The van der Waals surface area contributed by atoms with E-state index < -0.39 is 0 Å². The minimum absolute atomic E-state index is 0.0940. The topological polar surface area (TPSA) is 26.3 Å². The Balaban J connectivity index is 0.000000288. The van der Waals surface area contributed by atoms with Crippen molar-refractivity contribution in [1.29, 1.82) is 0 Å². The molecule has 0 amide bonds. The third kappa shape index (κ3) is 9.25. The zero-order chi connectivity index (χ0) is 12.2. The second-order valence-corrected chi connectivity index (χ2v) is 3.58. The molecule has 0 aliphatic heterocycles. The van der Waals surface area contributed by atoms with E-state index in [-0.39, 0.29) is 5.97 Å². The van der Waals surface area contributed by atoms with Crippen molar-refractivity contribution in [3.8, 4) is 0 Å². The summed E-state index contributed by atoms with van der Waals surface area (Å²) < 4.78 is 4.79. The molecule has 0 saturated heterocycles. The van der Waals surface area contributed by atoms with Crippen LogP contribution in [0, 0.1) is 6.92 Å². The zero-order valence-electron chi connectivity index (χ0n) is 10.5. The molecule has 0 spiro atoms. The average Bonchev–Trinajstić information content (AvgIpc) is 2.31. The Bertz CT molecular complexity index is 267. The number of carbonyl (C=O) groups is 1. The van der Waals surface area contributed by atoms with Gasteiger partial charge in [0.05, 0.1) is 6.61 Å². The van der Waals surface area contributed by atoms with Gasteiger partial charge in [-0.3, -0.25) is 4.79 Å². The number of benzene rings is 1. The van der Waals surface area contributed by atoms with Crippen molar-refractivity contribution in [2.45, 2.75) is 40.0 Å². The number of unbranched alkanes of at least 4 members (excludes halogenated alkanes) is 1. The van der Waals surface area contributed by atoms with Gasteiger partial charge >= 0.3 is 5.97 Å². The summed E-state index contributed by atoms with van der Waals surface area (Å²) in [6.45, 7) is 6.54. The Morgan fingerprint density at radius 2 is 1.81 bits per heavy atom. The minimum Gasteiger partial charge on any atom is -0.466 e. The van der Waals surface area contributed by atoms with Crippen molar-refractivity contribution in [3.63, 3.8) is 0 Å². The molecular formula is C14H22O2. The smallest absolute Gasteiger partial charge is 0.305 e. The standard InChI is InChI=1S/C7H14O2.C7H8/c1-3-5-6-9-7(8)4-2;1-7-5-3-2-4-6-7/h3-6H2,1-2H3;2-6H,1H3. The van der Waals surface area contributed by atoms with Crippen LogP contribution in [0.15, 0.2) is 30.3 Å². The molecule has 0 heterocycles. The van der Waals surface area contributed by atoms with Crippen LogP contribution < -0.4 is 0 Å². The van der Waals surface area contributed by atoms with Gasteiger partial charge in [-0.05, 0) is 13.3 Å². The summed E-state index contributed by atoms with van der Waals surface area (Å²) in [6, 6.07) is 10.3. The van der Waals surface area contributed by atoms with Gasteiger partial charge in [0, 0.05) is 6.42 Å². The maximum Gasteiger partial charge on any atom is 0.305 e. The lowest BCUT2D eigenvalue weighted by molar-refractivity contribution is -0.143. The molecule has 90 valence electrons. The fraction of sp³-hybridized carbons (Fsp3) is 0.500. The Hall–Kier alpha value is -1.31. The van der Waals surface area contributed by atoms with E-state index in [0.29, 0.717) is 13.0 Å². The van der Waals surface area contributed by atoms with Gasteiger partial charge < -0.3 is 4.74 Å². The Kier molecular flexibility index (Phi) is 9.38. The summed E-state index contributed by atoms with van der Waals surface area (Å²) >= 11 is 0. The van der Waals surface area contributed by atoms with E-state index >= 15 is 0 Å². The molecule has 0 bridgehead atoms. The minimum atomic E-state index is -0.0940. The van der Waals surface area contributed by atoms with E-state index in [1.165, 1.54) is 5.56 Å². The van der Waals surface area contributed by atoms with E-state index in [0.717, 1.165) is 12.8 Å². The van der Waals surface area contributed by atoms with Gasteiger partial charge in [0.1, 0.15) is 0 Å². The lowest BCUT2D eigenvalue weighted by Gasteiger charge is -1.99. The maximum atomic E-state index is 10.5. The van der Waals surface area contributed by atoms with Crippen LogP contribution in [0.25, 0.3) is 0 Å². The SMILES string of the molecule is CCCCOC(=O)CC.Cc1ccccc1. The highest BCUT2D eigenvalue weighted by Gasteiger charge is 1.94. The molecule has 0 aromatic heterocycles. The van der Waals surface area contributed by atoms with Crippen LogP contribution in [-0.2, 0) is 9.53 Å². The molecule has 16 heavy (non-hydrogen) atoms. The second-order valence-electron chi connectivity index (χ2n) is 3.58. The van der Waals surface area contributed by atoms with Crippen molar-refractivity contribution in [1.82, 2.24) is 0 Å². The predicted molar refractivity (Wildman–Crippen MR) is 67.3 cm³/mol. The van der Waals surface area contributed by atoms with Crippen molar-refractivity contribution in [2.75, 3.05) is 6.61 Å². The molecular weight excluding hydrogens is 200 g/mol. The number of ether oxygens (including phenoxy) is 1. The normalized spacial score (nSPS) is 8.94. The highest BCUT2D eigenvalue weighted by molar-refractivity contribution is 5.68. The van der Waals surface area contributed by atoms with Gasteiger partial charge in [0.2, 0.25) is 0 Å². The summed E-state index contributed by atoms with van der Waals surface area (Å²) in [5.41, 5.74) is 1.32. The first-order valence-electron chi connectivity index (χ1n) is 5.88. The Labute approximate surface area is 98.6 Å². The monoisotopic (exact) mass is 222 g/mol. The second kappa shape index (κ2) is 10.2. The van der Waals surface area contributed by atoms with Gasteiger partial charge in [-0.2, -0.15) is 0 Å². The molecule has 0 aliphatic rings. The molecule has 0 atom stereocenters. The van der Waals surface area contributed by atoms with E-state index in [4.69, 9.17) is 4.74 Å². The van der Waals surface area contributed by atoms with Crippen LogP contribution in [-0.4, -0.2) is 12.6 Å². The maximum absolute atomic E-state index is 10.5. The average molecular weight is 222 g/mol. The first-order chi connectivity index (χ1) is 7.70. The molecule has 1 aromatic rings. The molecule has 2 heteroatoms. The van der Waals surface area contributed by atoms with Crippen LogP contribution in [0.4, 0.5) is 0 Å². The van der Waals surface area contributed by atoms with Gasteiger partial charge in [0.25, 0.3) is 0 Å². The van der Waals surface area contributed by atoms with Crippen LogP contribution >= 0.6 is 0 Å². The predicted octanol–water partition coefficient (Wildman–Crippen LogP) is 3.73. The third-order valence-corrected chi connectivity index (χ3v) is 1.99. The quantitative estimate of drug-likeness (QED) is 0.573. The van der Waals surface area contributed by atoms with E-state index in [1.54, 1.807) is 6.92 Å². The number of carbonyl (C=O) groups excluding carboxylic acids is 1. The Morgan fingerprint density at radius 1 is 1.19 bits per heavy atom. The Morgan fingerprint density at radius 3 is 2.19 bits per heavy atom. The van der Waals surface area contributed by atoms with Crippen LogP contribution in [0.3, 0.4) is 0 Å². The molecule has 2 nitrogen and oxygen atoms in total. The van der Waals surface area contributed by atoms with Gasteiger partial charge in [-0.1, -0.05) is 56.2 Å². The summed E-state index contributed by atoms with van der Waals surface area (Å²) in [6.07, 6.45) is 2.55. The van der Waals surface area contributed by atoms with Gasteiger partial charge in [-0.15, -0.1) is 0 Å². The van der Waals surface area contributed by atoms with Crippen LogP contribution in [0.1, 0.15) is 38.7 Å². The summed E-state index contributed by atoms with van der Waals surface area (Å²) in [4.78, 5) is 10.5. The summed E-state index contributed by atoms with van der Waals surface area (Å²) in [5.74, 6) is -0.0940. The lowest BCUT2D eigenvalue weighted by atomic mass is 10.2. The molecule has 1 rings (SSSR count). The van der Waals surface area contributed by atoms with Crippen molar-refractivity contribution < 1.29 is 9.53 Å². The van der Waals surface area contributed by atoms with E-state index in [1.807, 2.05) is 18.2 Å². The number of hydrogen-bond acceptors (Lipinski definition) is 2. The molecule has 1 aromatic carbocycles. The fourth-order valence-corrected chi connectivity index (χ4v) is 0.967. The molecule has 0 saturated carbocycles.